The maximum Gasteiger partial charge on any atom is 0.253 e. The van der Waals surface area contributed by atoms with Crippen molar-refractivity contribution in [1.82, 2.24) is 10.7 Å². The molecule has 1 aliphatic heterocycles. The molecule has 1 N–H and O–H groups in total. The summed E-state index contributed by atoms with van der Waals surface area (Å²) in [6.07, 6.45) is 1.16. The Balaban J connectivity index is 2.65. The molecule has 0 saturated carbocycles. The predicted molar refractivity (Wildman–Crippen MR) is 28.1 cm³/mol. The number of hydrazine groups is 1. The standard InChI is InChI=1S/C3H3FN4O/c4-3-1-5-7-8(2-9)6-3/h1-2,7H. The number of carbonyl (C=O) groups is 1. The molecule has 1 heterocycles. The molecular formula is C3H3FN4O. The van der Waals surface area contributed by atoms with Crippen molar-refractivity contribution < 1.29 is 9.18 Å². The van der Waals surface area contributed by atoms with E-state index in [0.29, 0.717) is 11.5 Å². The predicted octanol–water partition coefficient (Wildman–Crippen LogP) is -0.768. The van der Waals surface area contributed by atoms with Gasteiger partial charge in [-0.1, -0.05) is 0 Å². The van der Waals surface area contributed by atoms with Gasteiger partial charge in [0, 0.05) is 0 Å². The lowest BCUT2D eigenvalue weighted by molar-refractivity contribution is -0.121. The second kappa shape index (κ2) is 2.21. The summed E-state index contributed by atoms with van der Waals surface area (Å²) < 4.78 is 12.0. The first-order valence-corrected chi connectivity index (χ1v) is 2.10. The lowest BCUT2D eigenvalue weighted by Crippen LogP contribution is -2.32. The van der Waals surface area contributed by atoms with Gasteiger partial charge in [-0.3, -0.25) is 4.79 Å². The Bertz CT molecular complexity index is 177. The molecule has 0 radical (unpaired) electrons. The van der Waals surface area contributed by atoms with Gasteiger partial charge >= 0.3 is 0 Å². The van der Waals surface area contributed by atoms with Crippen molar-refractivity contribution >= 4 is 18.6 Å². The van der Waals surface area contributed by atoms with Crippen LogP contribution in [0.5, 0.6) is 0 Å². The topological polar surface area (TPSA) is 57.1 Å². The lowest BCUT2D eigenvalue weighted by atomic mass is 10.8. The fourth-order valence-electron chi connectivity index (χ4n) is 0.340. The van der Waals surface area contributed by atoms with Gasteiger partial charge in [0.25, 0.3) is 12.4 Å². The van der Waals surface area contributed by atoms with Gasteiger partial charge < -0.3 is 0 Å². The van der Waals surface area contributed by atoms with Gasteiger partial charge in [-0.25, -0.2) is 0 Å². The maximum absolute atomic E-state index is 12.0. The van der Waals surface area contributed by atoms with Gasteiger partial charge in [-0.05, 0) is 0 Å². The molecule has 0 spiro atoms. The van der Waals surface area contributed by atoms with E-state index in [0.717, 1.165) is 6.21 Å². The minimum absolute atomic E-state index is 0.302. The number of nitrogens with zero attached hydrogens (tertiary/aromatic N) is 3. The summed E-state index contributed by atoms with van der Waals surface area (Å²) in [5.74, 6) is -0.805. The van der Waals surface area contributed by atoms with Crippen LogP contribution in [0.15, 0.2) is 10.2 Å². The number of nitrogens with one attached hydrogen (secondary N) is 1. The summed E-state index contributed by atoms with van der Waals surface area (Å²) in [5, 5.41) is 6.90. The molecule has 6 heteroatoms. The van der Waals surface area contributed by atoms with Crippen LogP contribution in [0.2, 0.25) is 0 Å². The molecule has 0 unspecified atom stereocenters. The van der Waals surface area contributed by atoms with Gasteiger partial charge in [0.15, 0.2) is 0 Å². The van der Waals surface area contributed by atoms with E-state index in [1.54, 1.807) is 0 Å². The molecule has 0 fully saturated rings. The normalized spacial score (nSPS) is 16.6. The Hall–Kier alpha value is -1.46. The Morgan fingerprint density at radius 3 is 3.11 bits per heavy atom. The van der Waals surface area contributed by atoms with Crippen LogP contribution in [0.25, 0.3) is 0 Å². The summed E-state index contributed by atoms with van der Waals surface area (Å²) in [6, 6.07) is 0. The van der Waals surface area contributed by atoms with E-state index in [1.807, 2.05) is 0 Å². The number of carbonyl (C=O) groups excluding carboxylic acids is 1. The fourth-order valence-corrected chi connectivity index (χ4v) is 0.340. The SMILES string of the molecule is O=CN1N=C(F)C=NN1. The molecule has 1 rings (SSSR count). The first kappa shape index (κ1) is 5.67. The molecule has 48 valence electrons. The van der Waals surface area contributed by atoms with E-state index in [2.05, 4.69) is 15.7 Å². The van der Waals surface area contributed by atoms with E-state index in [1.165, 1.54) is 0 Å². The van der Waals surface area contributed by atoms with Crippen molar-refractivity contribution in [3.05, 3.63) is 0 Å². The summed E-state index contributed by atoms with van der Waals surface area (Å²) in [6.45, 7) is 0. The third kappa shape index (κ3) is 1.21. The van der Waals surface area contributed by atoms with Gasteiger partial charge in [0.05, 0.1) is 0 Å². The summed E-state index contributed by atoms with van der Waals surface area (Å²) in [5.41, 5.74) is 2.11. The van der Waals surface area contributed by atoms with E-state index < -0.39 is 5.97 Å². The molecule has 0 bridgehead atoms. The highest BCUT2D eigenvalue weighted by Gasteiger charge is 2.02. The summed E-state index contributed by atoms with van der Waals surface area (Å²) in [7, 11) is 0. The minimum Gasteiger partial charge on any atom is -0.275 e. The van der Waals surface area contributed by atoms with Gasteiger partial charge in [-0.15, -0.1) is 10.2 Å². The van der Waals surface area contributed by atoms with Crippen LogP contribution in [0.3, 0.4) is 0 Å². The molecule has 1 amide bonds. The first-order chi connectivity index (χ1) is 4.33. The molecule has 0 aromatic heterocycles. The molecule has 0 aliphatic carbocycles. The molecule has 0 aromatic rings. The Morgan fingerprint density at radius 1 is 1.89 bits per heavy atom. The first-order valence-electron chi connectivity index (χ1n) is 2.10. The highest BCUT2D eigenvalue weighted by atomic mass is 19.1. The lowest BCUT2D eigenvalue weighted by Gasteiger charge is -2.10. The number of hydrogen-bond acceptors (Lipinski definition) is 4. The van der Waals surface area contributed by atoms with Crippen LogP contribution in [0, 0.1) is 0 Å². The zero-order valence-electron chi connectivity index (χ0n) is 4.28. The molecule has 5 nitrogen and oxygen atoms in total. The van der Waals surface area contributed by atoms with E-state index in [9.17, 15) is 9.18 Å². The quantitative estimate of drug-likeness (QED) is 0.474. The second-order valence-electron chi connectivity index (χ2n) is 1.23. The van der Waals surface area contributed by atoms with Crippen LogP contribution in [0.4, 0.5) is 4.39 Å². The maximum atomic E-state index is 12.0. The highest BCUT2D eigenvalue weighted by Crippen LogP contribution is 1.86. The largest absolute Gasteiger partial charge is 0.275 e. The molecular weight excluding hydrogens is 127 g/mol. The number of halogens is 1. The van der Waals surface area contributed by atoms with Gasteiger partial charge in [0.1, 0.15) is 6.21 Å². The third-order valence-corrected chi connectivity index (χ3v) is 0.634. The van der Waals surface area contributed by atoms with Crippen molar-refractivity contribution in [3.8, 4) is 0 Å². The Kier molecular flexibility index (Phi) is 1.39. The summed E-state index contributed by atoms with van der Waals surface area (Å²) >= 11 is 0. The fraction of sp³-hybridized carbons (Fsp3) is 0. The second-order valence-corrected chi connectivity index (χ2v) is 1.23. The average Bonchev–Trinajstić information content (AvgIpc) is 1.88. The van der Waals surface area contributed by atoms with E-state index in [-0.39, 0.29) is 0 Å². The average molecular weight is 130 g/mol. The van der Waals surface area contributed by atoms with Crippen LogP contribution in [-0.4, -0.2) is 23.7 Å². The van der Waals surface area contributed by atoms with Crippen LogP contribution >= 0.6 is 0 Å². The zero-order chi connectivity index (χ0) is 6.69. The highest BCUT2D eigenvalue weighted by molar-refractivity contribution is 6.25. The smallest absolute Gasteiger partial charge is 0.253 e. The van der Waals surface area contributed by atoms with Gasteiger partial charge in [0.2, 0.25) is 0 Å². The zero-order valence-corrected chi connectivity index (χ0v) is 4.28. The molecule has 0 aromatic carbocycles. The summed E-state index contributed by atoms with van der Waals surface area (Å²) in [4.78, 5) is 9.82. The Morgan fingerprint density at radius 2 is 2.67 bits per heavy atom. The van der Waals surface area contributed by atoms with Gasteiger partial charge in [-0.2, -0.15) is 15.0 Å². The molecule has 0 saturated heterocycles. The van der Waals surface area contributed by atoms with Crippen molar-refractivity contribution in [1.29, 1.82) is 0 Å². The minimum atomic E-state index is -0.805. The number of hydrazone groups is 2. The number of hydrogen-bond donors (Lipinski definition) is 1. The van der Waals surface area contributed by atoms with Crippen molar-refractivity contribution in [2.24, 2.45) is 10.2 Å². The van der Waals surface area contributed by atoms with Crippen molar-refractivity contribution in [2.75, 3.05) is 0 Å². The van der Waals surface area contributed by atoms with E-state index in [4.69, 9.17) is 0 Å². The Labute approximate surface area is 49.8 Å². The van der Waals surface area contributed by atoms with Crippen LogP contribution in [0.1, 0.15) is 0 Å². The van der Waals surface area contributed by atoms with Crippen molar-refractivity contribution in [3.63, 3.8) is 0 Å². The molecule has 0 atom stereocenters. The number of amides is 1. The monoisotopic (exact) mass is 130 g/mol. The van der Waals surface area contributed by atoms with Crippen LogP contribution in [-0.2, 0) is 4.79 Å². The third-order valence-electron chi connectivity index (χ3n) is 0.634. The molecule has 1 aliphatic rings. The van der Waals surface area contributed by atoms with Crippen LogP contribution < -0.4 is 5.53 Å². The molecule has 9 heavy (non-hydrogen) atoms. The van der Waals surface area contributed by atoms with Crippen molar-refractivity contribution in [2.45, 2.75) is 0 Å². The number of rotatable bonds is 1. The van der Waals surface area contributed by atoms with E-state index >= 15 is 0 Å².